The van der Waals surface area contributed by atoms with E-state index in [1.54, 1.807) is 78.9 Å². The molecule has 4 aromatic carbocycles. The predicted octanol–water partition coefficient (Wildman–Crippen LogP) is 6.36. The minimum absolute atomic E-state index is 0.276. The number of benzene rings is 4. The lowest BCUT2D eigenvalue weighted by atomic mass is 9.85. The quantitative estimate of drug-likeness (QED) is 0.178. The van der Waals surface area contributed by atoms with Gasteiger partial charge in [0, 0.05) is 0 Å². The Morgan fingerprint density at radius 3 is 2.13 bits per heavy atom. The summed E-state index contributed by atoms with van der Waals surface area (Å²) in [5.41, 5.74) is 2.95. The molecule has 4 rings (SSSR count). The number of hydrogen-bond donors (Lipinski definition) is 2. The fourth-order valence-electron chi connectivity index (χ4n) is 3.82. The van der Waals surface area contributed by atoms with Crippen molar-refractivity contribution in [2.45, 2.75) is 19.1 Å². The molecule has 0 heterocycles. The Morgan fingerprint density at radius 2 is 1.53 bits per heavy atom. The third-order valence-electron chi connectivity index (χ3n) is 5.74. The summed E-state index contributed by atoms with van der Waals surface area (Å²) in [5.74, 6) is 0.382. The van der Waals surface area contributed by atoms with Crippen LogP contribution >= 0.6 is 23.2 Å². The maximum absolute atomic E-state index is 13.2. The topological polar surface area (TPSA) is 80.2 Å². The first-order valence-corrected chi connectivity index (χ1v) is 12.7. The molecule has 0 aliphatic carbocycles. The van der Waals surface area contributed by atoms with Crippen LogP contribution in [0.2, 0.25) is 10.0 Å². The zero-order chi connectivity index (χ0) is 27.0. The molecule has 38 heavy (non-hydrogen) atoms. The highest BCUT2D eigenvalue weighted by molar-refractivity contribution is 6.42. The lowest BCUT2D eigenvalue weighted by Crippen LogP contribution is -2.43. The fraction of sp³-hybridized carbons (Fsp3) is 0.133. The Labute approximate surface area is 231 Å². The van der Waals surface area contributed by atoms with Gasteiger partial charge < -0.3 is 14.6 Å². The minimum Gasteiger partial charge on any atom is -0.490 e. The zero-order valence-electron chi connectivity index (χ0n) is 20.6. The molecule has 0 radical (unpaired) electrons. The van der Waals surface area contributed by atoms with Crippen molar-refractivity contribution >= 4 is 35.3 Å². The van der Waals surface area contributed by atoms with Gasteiger partial charge in [0.25, 0.3) is 5.91 Å². The van der Waals surface area contributed by atoms with Gasteiger partial charge in [-0.2, -0.15) is 5.10 Å². The average Bonchev–Trinajstić information content (AvgIpc) is 2.95. The SMILES string of the molecule is CCOc1cc(/C=N\NC(=O)C(O)(c2ccccc2)c2ccccc2)ccc1OCc1ccc(Cl)c(Cl)c1. The number of nitrogens with one attached hydrogen (secondary N) is 1. The Kier molecular flexibility index (Phi) is 9.02. The van der Waals surface area contributed by atoms with Crippen LogP contribution in [-0.2, 0) is 17.0 Å². The summed E-state index contributed by atoms with van der Waals surface area (Å²) < 4.78 is 11.7. The zero-order valence-corrected chi connectivity index (χ0v) is 22.1. The molecule has 194 valence electrons. The second-order valence-corrected chi connectivity index (χ2v) is 9.13. The molecule has 0 saturated carbocycles. The van der Waals surface area contributed by atoms with Crippen LogP contribution in [-0.4, -0.2) is 23.8 Å². The highest BCUT2D eigenvalue weighted by atomic mass is 35.5. The summed E-state index contributed by atoms with van der Waals surface area (Å²) in [6.07, 6.45) is 1.47. The number of halogens is 2. The minimum atomic E-state index is -1.92. The largest absolute Gasteiger partial charge is 0.490 e. The molecule has 0 aliphatic heterocycles. The molecular weight excluding hydrogens is 523 g/mol. The number of rotatable bonds is 10. The number of carbonyl (C=O) groups is 1. The number of aliphatic hydroxyl groups is 1. The first-order chi connectivity index (χ1) is 18.4. The second-order valence-electron chi connectivity index (χ2n) is 8.32. The van der Waals surface area contributed by atoms with Crippen LogP contribution in [0.25, 0.3) is 0 Å². The maximum Gasteiger partial charge on any atom is 0.281 e. The van der Waals surface area contributed by atoms with Gasteiger partial charge in [-0.3, -0.25) is 4.79 Å². The third kappa shape index (κ3) is 6.34. The summed E-state index contributed by atoms with van der Waals surface area (Å²) in [5, 5.41) is 16.5. The fourth-order valence-corrected chi connectivity index (χ4v) is 4.14. The number of ether oxygens (including phenoxy) is 2. The number of hydrazone groups is 1. The summed E-state index contributed by atoms with van der Waals surface area (Å²) in [6, 6.07) is 28.1. The highest BCUT2D eigenvalue weighted by Gasteiger charge is 2.39. The number of carbonyl (C=O) groups excluding carboxylic acids is 1. The molecule has 6 nitrogen and oxygen atoms in total. The highest BCUT2D eigenvalue weighted by Crippen LogP contribution is 2.31. The van der Waals surface area contributed by atoms with Crippen LogP contribution in [0.1, 0.15) is 29.2 Å². The van der Waals surface area contributed by atoms with Crippen LogP contribution in [0.4, 0.5) is 0 Å². The van der Waals surface area contributed by atoms with E-state index in [4.69, 9.17) is 32.7 Å². The van der Waals surface area contributed by atoms with E-state index >= 15 is 0 Å². The molecule has 0 aliphatic rings. The maximum atomic E-state index is 13.2. The van der Waals surface area contributed by atoms with Gasteiger partial charge in [0.05, 0.1) is 22.9 Å². The number of amides is 1. The van der Waals surface area contributed by atoms with Crippen molar-refractivity contribution in [2.75, 3.05) is 6.61 Å². The molecule has 0 bridgehead atoms. The van der Waals surface area contributed by atoms with Crippen molar-refractivity contribution < 1.29 is 19.4 Å². The van der Waals surface area contributed by atoms with Gasteiger partial charge in [0.15, 0.2) is 17.1 Å². The molecule has 0 atom stereocenters. The Hall–Kier alpha value is -3.84. The summed E-state index contributed by atoms with van der Waals surface area (Å²) >= 11 is 12.1. The van der Waals surface area contributed by atoms with E-state index in [9.17, 15) is 9.90 Å². The molecule has 0 spiro atoms. The predicted molar refractivity (Wildman–Crippen MR) is 150 cm³/mol. The van der Waals surface area contributed by atoms with Crippen LogP contribution in [0.3, 0.4) is 0 Å². The second kappa shape index (κ2) is 12.6. The standard InChI is InChI=1S/C30H26Cl2N2O4/c1-2-37-28-18-21(14-16-27(28)38-20-22-13-15-25(31)26(32)17-22)19-33-34-29(35)30(36,23-9-5-3-6-10-23)24-11-7-4-8-12-24/h3-19,36H,2,20H2,1H3,(H,34,35)/b33-19-. The van der Waals surface area contributed by atoms with E-state index in [1.807, 2.05) is 25.1 Å². The van der Waals surface area contributed by atoms with Crippen LogP contribution in [0.5, 0.6) is 11.5 Å². The van der Waals surface area contributed by atoms with Crippen molar-refractivity contribution in [3.63, 3.8) is 0 Å². The van der Waals surface area contributed by atoms with Gasteiger partial charge in [-0.25, -0.2) is 5.43 Å². The lowest BCUT2D eigenvalue weighted by Gasteiger charge is -2.27. The van der Waals surface area contributed by atoms with E-state index < -0.39 is 11.5 Å². The molecule has 1 amide bonds. The van der Waals surface area contributed by atoms with Gasteiger partial charge in [0.1, 0.15) is 6.61 Å². The lowest BCUT2D eigenvalue weighted by molar-refractivity contribution is -0.136. The van der Waals surface area contributed by atoms with Gasteiger partial charge in [0.2, 0.25) is 0 Å². The van der Waals surface area contributed by atoms with Gasteiger partial charge >= 0.3 is 0 Å². The molecule has 0 aromatic heterocycles. The number of hydrogen-bond acceptors (Lipinski definition) is 5. The first-order valence-electron chi connectivity index (χ1n) is 11.9. The van der Waals surface area contributed by atoms with Gasteiger partial charge in [-0.1, -0.05) is 89.9 Å². The Balaban J connectivity index is 1.50. The summed E-state index contributed by atoms with van der Waals surface area (Å²) in [4.78, 5) is 13.2. The molecule has 0 unspecified atom stereocenters. The summed E-state index contributed by atoms with van der Waals surface area (Å²) in [7, 11) is 0. The summed E-state index contributed by atoms with van der Waals surface area (Å²) in [6.45, 7) is 2.58. The van der Waals surface area contributed by atoms with E-state index in [-0.39, 0.29) is 6.61 Å². The Bertz CT molecular complexity index is 1370. The van der Waals surface area contributed by atoms with Crippen LogP contribution < -0.4 is 14.9 Å². The van der Waals surface area contributed by atoms with E-state index in [2.05, 4.69) is 10.5 Å². The van der Waals surface area contributed by atoms with E-state index in [0.29, 0.717) is 44.8 Å². The smallest absolute Gasteiger partial charge is 0.281 e. The van der Waals surface area contributed by atoms with Crippen molar-refractivity contribution in [2.24, 2.45) is 5.10 Å². The molecule has 0 saturated heterocycles. The first kappa shape index (κ1) is 27.2. The molecular formula is C30H26Cl2N2O4. The van der Waals surface area contributed by atoms with Crippen molar-refractivity contribution in [1.29, 1.82) is 0 Å². The monoisotopic (exact) mass is 548 g/mol. The van der Waals surface area contributed by atoms with Crippen LogP contribution in [0.15, 0.2) is 102 Å². The van der Waals surface area contributed by atoms with Crippen molar-refractivity contribution in [3.05, 3.63) is 129 Å². The van der Waals surface area contributed by atoms with Gasteiger partial charge in [-0.15, -0.1) is 0 Å². The molecule has 4 aromatic rings. The van der Waals surface area contributed by atoms with Gasteiger partial charge in [-0.05, 0) is 59.5 Å². The van der Waals surface area contributed by atoms with Crippen molar-refractivity contribution in [3.8, 4) is 11.5 Å². The Morgan fingerprint density at radius 1 is 0.868 bits per heavy atom. The normalized spacial score (nSPS) is 11.4. The number of nitrogens with zero attached hydrogens (tertiary/aromatic N) is 1. The van der Waals surface area contributed by atoms with E-state index in [1.165, 1.54) is 6.21 Å². The molecule has 0 fully saturated rings. The van der Waals surface area contributed by atoms with Crippen LogP contribution in [0, 0.1) is 0 Å². The molecule has 8 heteroatoms. The van der Waals surface area contributed by atoms with E-state index in [0.717, 1.165) is 5.56 Å². The average molecular weight is 549 g/mol. The van der Waals surface area contributed by atoms with Crippen molar-refractivity contribution in [1.82, 2.24) is 5.43 Å². The third-order valence-corrected chi connectivity index (χ3v) is 6.48. The molecule has 2 N–H and O–H groups in total.